The maximum atomic E-state index is 14.0. The van der Waals surface area contributed by atoms with Gasteiger partial charge in [0.15, 0.2) is 0 Å². The van der Waals surface area contributed by atoms with Crippen LogP contribution in [0.25, 0.3) is 0 Å². The van der Waals surface area contributed by atoms with Crippen LogP contribution in [0, 0.1) is 11.8 Å². The molecule has 0 saturated carbocycles. The van der Waals surface area contributed by atoms with Crippen molar-refractivity contribution in [1.82, 2.24) is 20.9 Å². The van der Waals surface area contributed by atoms with E-state index in [1.807, 2.05) is 77.0 Å². The Morgan fingerprint density at radius 2 is 1.70 bits per heavy atom. The van der Waals surface area contributed by atoms with Crippen molar-refractivity contribution in [2.75, 3.05) is 20.6 Å². The summed E-state index contributed by atoms with van der Waals surface area (Å²) in [5, 5.41) is 19.3. The highest BCUT2D eigenvalue weighted by Gasteiger charge is 2.38. The van der Waals surface area contributed by atoms with Crippen LogP contribution < -0.4 is 20.7 Å². The molecule has 2 bridgehead atoms. The molecule has 4 N–H and O–H groups in total. The SMILES string of the molecule is CC[C@H](C)[C@@H](C(=O)N[C@@H]1C(=O)N[C@H](Cc2ccccc2)C(=O)NC[C@H](O)c2ccc(cc2)O[C@H]1C(C)C)N(C)C. The summed E-state index contributed by atoms with van der Waals surface area (Å²) in [5.41, 5.74) is 1.49. The largest absolute Gasteiger partial charge is 0.487 e. The molecule has 0 saturated heterocycles. The predicted octanol–water partition coefficient (Wildman–Crippen LogP) is 2.44. The van der Waals surface area contributed by atoms with Gasteiger partial charge >= 0.3 is 0 Å². The van der Waals surface area contributed by atoms with Gasteiger partial charge in [0, 0.05) is 13.0 Å². The van der Waals surface area contributed by atoms with Crippen LogP contribution in [0.1, 0.15) is 51.3 Å². The minimum absolute atomic E-state index is 0.0194. The second-order valence-corrected chi connectivity index (χ2v) is 11.2. The number of carbonyl (C=O) groups is 3. The molecule has 9 heteroatoms. The maximum absolute atomic E-state index is 14.0. The quantitative estimate of drug-likeness (QED) is 0.399. The number of hydrogen-bond acceptors (Lipinski definition) is 6. The number of aliphatic hydroxyl groups is 1. The average molecular weight is 553 g/mol. The van der Waals surface area contributed by atoms with Gasteiger partial charge in [0.2, 0.25) is 17.7 Å². The molecular weight excluding hydrogens is 508 g/mol. The Labute approximate surface area is 237 Å². The van der Waals surface area contributed by atoms with Crippen molar-refractivity contribution in [3.63, 3.8) is 0 Å². The smallest absolute Gasteiger partial charge is 0.247 e. The van der Waals surface area contributed by atoms with Crippen molar-refractivity contribution in [2.24, 2.45) is 11.8 Å². The van der Waals surface area contributed by atoms with E-state index in [0.29, 0.717) is 11.3 Å². The molecule has 3 amide bonds. The molecule has 0 fully saturated rings. The van der Waals surface area contributed by atoms with E-state index in [9.17, 15) is 19.5 Å². The number of ether oxygens (including phenoxy) is 1. The molecule has 2 aliphatic heterocycles. The van der Waals surface area contributed by atoms with Crippen LogP contribution in [0.3, 0.4) is 0 Å². The number of likely N-dealkylation sites (N-methyl/N-ethyl adjacent to an activating group) is 1. The standard InChI is InChI=1S/C31H44N4O5/c1-7-20(4)27(35(5)6)31(39)34-26-28(19(2)3)40-23-15-13-22(14-16-23)25(36)18-32-29(37)24(33-30(26)38)17-21-11-9-8-10-12-21/h8-16,19-20,24-28,36H,7,17-18H2,1-6H3,(H,32,37)(H,33,38)(H,34,39)/t20-,24+,25-,26-,27-,28-/m0/s1. The zero-order chi connectivity index (χ0) is 29.4. The molecule has 0 aliphatic carbocycles. The van der Waals surface area contributed by atoms with Crippen LogP contribution in [-0.2, 0) is 20.8 Å². The van der Waals surface area contributed by atoms with Crippen LogP contribution in [-0.4, -0.2) is 72.6 Å². The van der Waals surface area contributed by atoms with Gasteiger partial charge in [-0.3, -0.25) is 19.3 Å². The summed E-state index contributed by atoms with van der Waals surface area (Å²) in [4.78, 5) is 42.8. The second kappa shape index (κ2) is 14.3. The molecule has 2 heterocycles. The lowest BCUT2D eigenvalue weighted by Gasteiger charge is -2.35. The van der Waals surface area contributed by atoms with Crippen molar-refractivity contribution >= 4 is 17.7 Å². The molecule has 0 unspecified atom stereocenters. The summed E-state index contributed by atoms with van der Waals surface area (Å²) in [6.45, 7) is 7.85. The number of hydrogen-bond donors (Lipinski definition) is 4. The molecule has 218 valence electrons. The third kappa shape index (κ3) is 8.05. The molecular formula is C31H44N4O5. The van der Waals surface area contributed by atoms with Crippen molar-refractivity contribution in [2.45, 2.75) is 70.9 Å². The minimum atomic E-state index is -1.07. The Kier molecular flexibility index (Phi) is 11.1. The second-order valence-electron chi connectivity index (χ2n) is 11.2. The molecule has 0 spiro atoms. The summed E-state index contributed by atoms with van der Waals surface area (Å²) in [5.74, 6) is -0.837. The molecule has 40 heavy (non-hydrogen) atoms. The highest BCUT2D eigenvalue weighted by atomic mass is 16.5. The number of fused-ring (bicyclic) bond motifs is 11. The Morgan fingerprint density at radius 3 is 2.27 bits per heavy atom. The van der Waals surface area contributed by atoms with Crippen LogP contribution >= 0.6 is 0 Å². The van der Waals surface area contributed by atoms with Gasteiger partial charge < -0.3 is 25.8 Å². The highest BCUT2D eigenvalue weighted by molar-refractivity contribution is 5.93. The fraction of sp³-hybridized carbons (Fsp3) is 0.516. The first-order valence-corrected chi connectivity index (χ1v) is 14.0. The summed E-state index contributed by atoms with van der Waals surface area (Å²) < 4.78 is 6.33. The average Bonchev–Trinajstić information content (AvgIpc) is 2.93. The minimum Gasteiger partial charge on any atom is -0.487 e. The Hall–Kier alpha value is -3.43. The first-order valence-electron chi connectivity index (χ1n) is 14.0. The normalized spacial score (nSPS) is 23.5. The van der Waals surface area contributed by atoms with Crippen LogP contribution in [0.4, 0.5) is 0 Å². The predicted molar refractivity (Wildman–Crippen MR) is 155 cm³/mol. The van der Waals surface area contributed by atoms with Gasteiger partial charge in [-0.05, 0) is 49.2 Å². The van der Waals surface area contributed by atoms with Crippen molar-refractivity contribution in [1.29, 1.82) is 0 Å². The lowest BCUT2D eigenvalue weighted by molar-refractivity contribution is -0.137. The molecule has 2 aromatic carbocycles. The molecule has 9 nitrogen and oxygen atoms in total. The number of benzene rings is 2. The van der Waals surface area contributed by atoms with Crippen molar-refractivity contribution < 1.29 is 24.2 Å². The topological polar surface area (TPSA) is 120 Å². The van der Waals surface area contributed by atoms with E-state index >= 15 is 0 Å². The summed E-state index contributed by atoms with van der Waals surface area (Å²) in [6.07, 6.45) is -0.633. The van der Waals surface area contributed by atoms with E-state index in [1.54, 1.807) is 24.3 Å². The van der Waals surface area contributed by atoms with Crippen molar-refractivity contribution in [3.8, 4) is 5.75 Å². The van der Waals surface area contributed by atoms with Gasteiger partial charge in [-0.2, -0.15) is 0 Å². The Morgan fingerprint density at radius 1 is 1.05 bits per heavy atom. The molecule has 0 aromatic heterocycles. The first-order chi connectivity index (χ1) is 19.0. The summed E-state index contributed by atoms with van der Waals surface area (Å²) >= 11 is 0. The molecule has 0 radical (unpaired) electrons. The summed E-state index contributed by atoms with van der Waals surface area (Å²) in [6, 6.07) is 13.8. The maximum Gasteiger partial charge on any atom is 0.247 e. The Bertz CT molecular complexity index is 1120. The fourth-order valence-corrected chi connectivity index (χ4v) is 5.03. The fourth-order valence-electron chi connectivity index (χ4n) is 5.03. The van der Waals surface area contributed by atoms with Gasteiger partial charge in [-0.1, -0.05) is 76.6 Å². The zero-order valence-corrected chi connectivity index (χ0v) is 24.4. The van der Waals surface area contributed by atoms with E-state index < -0.39 is 42.1 Å². The zero-order valence-electron chi connectivity index (χ0n) is 24.4. The monoisotopic (exact) mass is 552 g/mol. The van der Waals surface area contributed by atoms with Crippen LogP contribution in [0.5, 0.6) is 5.75 Å². The van der Waals surface area contributed by atoms with E-state index in [1.165, 1.54) is 0 Å². The van der Waals surface area contributed by atoms with E-state index in [-0.39, 0.29) is 30.7 Å². The van der Waals surface area contributed by atoms with E-state index in [4.69, 9.17) is 4.74 Å². The number of nitrogens with one attached hydrogen (secondary N) is 3. The molecule has 6 atom stereocenters. The number of aliphatic hydroxyl groups excluding tert-OH is 1. The molecule has 4 rings (SSSR count). The van der Waals surface area contributed by atoms with Gasteiger partial charge in [0.05, 0.1) is 12.1 Å². The van der Waals surface area contributed by atoms with Gasteiger partial charge in [-0.15, -0.1) is 0 Å². The van der Waals surface area contributed by atoms with Crippen molar-refractivity contribution in [3.05, 3.63) is 65.7 Å². The number of rotatable bonds is 8. The third-order valence-electron chi connectivity index (χ3n) is 7.50. The van der Waals surface area contributed by atoms with Crippen LogP contribution in [0.2, 0.25) is 0 Å². The van der Waals surface area contributed by atoms with E-state index in [0.717, 1.165) is 12.0 Å². The van der Waals surface area contributed by atoms with E-state index in [2.05, 4.69) is 16.0 Å². The van der Waals surface area contributed by atoms with Crippen LogP contribution in [0.15, 0.2) is 54.6 Å². The molecule has 2 aromatic rings. The highest BCUT2D eigenvalue weighted by Crippen LogP contribution is 2.23. The lowest BCUT2D eigenvalue weighted by Crippen LogP contribution is -2.62. The Balaban J connectivity index is 2.03. The number of nitrogens with zero attached hydrogens (tertiary/aromatic N) is 1. The summed E-state index contributed by atoms with van der Waals surface area (Å²) in [7, 11) is 3.69. The number of amides is 3. The lowest BCUT2D eigenvalue weighted by atomic mass is 9.94. The van der Waals surface area contributed by atoms with Gasteiger partial charge in [0.1, 0.15) is 23.9 Å². The van der Waals surface area contributed by atoms with Gasteiger partial charge in [0.25, 0.3) is 0 Å². The number of carbonyl (C=O) groups excluding carboxylic acids is 3. The first kappa shape index (κ1) is 31.1. The van der Waals surface area contributed by atoms with Gasteiger partial charge in [-0.25, -0.2) is 0 Å². The third-order valence-corrected chi connectivity index (χ3v) is 7.50. The molecule has 2 aliphatic rings.